The Morgan fingerprint density at radius 2 is 0.710 bits per heavy atom. The Hall–Kier alpha value is -2.51. The second kappa shape index (κ2) is 12.4. The SMILES string of the molecule is CCCc1ccc(OP(Oc2ccc(CCC)cc2)Oc2ccc(CCC)cc2)cc1. The molecule has 0 unspecified atom stereocenters. The van der Waals surface area contributed by atoms with Crippen LogP contribution >= 0.6 is 8.60 Å². The summed E-state index contributed by atoms with van der Waals surface area (Å²) in [6, 6.07) is 24.5. The summed E-state index contributed by atoms with van der Waals surface area (Å²) in [5.41, 5.74) is 3.91. The largest absolute Gasteiger partial charge is 0.530 e. The molecule has 0 aliphatic heterocycles. The molecule has 31 heavy (non-hydrogen) atoms. The van der Waals surface area contributed by atoms with Crippen LogP contribution in [-0.4, -0.2) is 0 Å². The van der Waals surface area contributed by atoms with E-state index in [9.17, 15) is 0 Å². The minimum absolute atomic E-state index is 0.746. The lowest BCUT2D eigenvalue weighted by molar-refractivity contribution is 0.388. The Kier molecular flexibility index (Phi) is 9.24. The highest BCUT2D eigenvalue weighted by molar-refractivity contribution is 7.43. The lowest BCUT2D eigenvalue weighted by Crippen LogP contribution is -2.02. The fourth-order valence-electron chi connectivity index (χ4n) is 3.33. The van der Waals surface area contributed by atoms with E-state index in [-0.39, 0.29) is 0 Å². The Morgan fingerprint density at radius 3 is 0.935 bits per heavy atom. The van der Waals surface area contributed by atoms with Gasteiger partial charge in [-0.05, 0) is 72.4 Å². The summed E-state index contributed by atoms with van der Waals surface area (Å²) in [6.07, 6.45) is 6.58. The third-order valence-electron chi connectivity index (χ3n) is 4.93. The molecule has 0 aliphatic rings. The Labute approximate surface area is 188 Å². The Bertz CT molecular complexity index is 767. The van der Waals surface area contributed by atoms with E-state index in [1.165, 1.54) is 16.7 Å². The lowest BCUT2D eigenvalue weighted by Gasteiger charge is -2.18. The zero-order valence-electron chi connectivity index (χ0n) is 18.8. The molecule has 3 aromatic rings. The second-order valence-electron chi connectivity index (χ2n) is 7.68. The van der Waals surface area contributed by atoms with Gasteiger partial charge in [-0.3, -0.25) is 0 Å². The standard InChI is InChI=1S/C27H33O3P/c1-4-7-22-10-16-25(17-11-22)28-31(29-26-18-12-23(8-5-2)13-19-26)30-27-20-14-24(9-6-3)15-21-27/h10-21H,4-9H2,1-3H3. The molecule has 0 saturated carbocycles. The first kappa shape index (κ1) is 23.2. The highest BCUT2D eigenvalue weighted by Gasteiger charge is 2.20. The van der Waals surface area contributed by atoms with Crippen molar-refractivity contribution in [2.75, 3.05) is 0 Å². The number of hydrogen-bond donors (Lipinski definition) is 0. The van der Waals surface area contributed by atoms with Crippen molar-refractivity contribution in [3.05, 3.63) is 89.5 Å². The predicted molar refractivity (Wildman–Crippen MR) is 130 cm³/mol. The smallest absolute Gasteiger partial charge is 0.409 e. The lowest BCUT2D eigenvalue weighted by atomic mass is 10.1. The van der Waals surface area contributed by atoms with E-state index in [0.29, 0.717) is 0 Å². The van der Waals surface area contributed by atoms with Crippen LogP contribution in [0.2, 0.25) is 0 Å². The van der Waals surface area contributed by atoms with Gasteiger partial charge in [-0.15, -0.1) is 0 Å². The van der Waals surface area contributed by atoms with E-state index >= 15 is 0 Å². The van der Waals surface area contributed by atoms with Gasteiger partial charge in [0.2, 0.25) is 0 Å². The summed E-state index contributed by atoms with van der Waals surface area (Å²) in [5, 5.41) is 0. The van der Waals surface area contributed by atoms with Gasteiger partial charge in [0, 0.05) is 0 Å². The van der Waals surface area contributed by atoms with E-state index in [4.69, 9.17) is 13.6 Å². The molecule has 3 nitrogen and oxygen atoms in total. The van der Waals surface area contributed by atoms with Gasteiger partial charge in [0.1, 0.15) is 17.2 Å². The van der Waals surface area contributed by atoms with Crippen molar-refractivity contribution in [3.8, 4) is 17.2 Å². The van der Waals surface area contributed by atoms with Gasteiger partial charge in [0.05, 0.1) is 0 Å². The predicted octanol–water partition coefficient (Wildman–Crippen LogP) is 8.31. The van der Waals surface area contributed by atoms with Crippen molar-refractivity contribution in [2.24, 2.45) is 0 Å². The first-order chi connectivity index (χ1) is 15.2. The van der Waals surface area contributed by atoms with Crippen LogP contribution in [-0.2, 0) is 19.3 Å². The molecule has 0 saturated heterocycles. The maximum Gasteiger partial charge on any atom is 0.530 e. The molecule has 0 spiro atoms. The number of benzene rings is 3. The fraction of sp³-hybridized carbons (Fsp3) is 0.333. The average molecular weight is 437 g/mol. The third-order valence-corrected chi connectivity index (χ3v) is 6.01. The Balaban J connectivity index is 1.73. The number of aryl methyl sites for hydroxylation is 3. The molecule has 3 rings (SSSR count). The van der Waals surface area contributed by atoms with Gasteiger partial charge in [-0.1, -0.05) is 76.4 Å². The molecule has 0 aromatic heterocycles. The van der Waals surface area contributed by atoms with E-state index in [0.717, 1.165) is 55.8 Å². The normalized spacial score (nSPS) is 10.8. The average Bonchev–Trinajstić information content (AvgIpc) is 2.78. The first-order valence-electron chi connectivity index (χ1n) is 11.3. The maximum absolute atomic E-state index is 6.13. The molecule has 0 bridgehead atoms. The zero-order chi connectivity index (χ0) is 21.9. The van der Waals surface area contributed by atoms with Crippen molar-refractivity contribution in [2.45, 2.75) is 59.3 Å². The second-order valence-corrected chi connectivity index (χ2v) is 8.67. The molecule has 164 valence electrons. The summed E-state index contributed by atoms with van der Waals surface area (Å²) >= 11 is 0. The first-order valence-corrected chi connectivity index (χ1v) is 12.4. The maximum atomic E-state index is 6.13. The van der Waals surface area contributed by atoms with Crippen LogP contribution in [0.3, 0.4) is 0 Å². The molecule has 0 heterocycles. The van der Waals surface area contributed by atoms with Crippen LogP contribution in [0.1, 0.15) is 56.7 Å². The van der Waals surface area contributed by atoms with Gasteiger partial charge in [0.25, 0.3) is 0 Å². The molecule has 3 aromatic carbocycles. The van der Waals surface area contributed by atoms with Gasteiger partial charge in [-0.25, -0.2) is 0 Å². The van der Waals surface area contributed by atoms with Crippen LogP contribution < -0.4 is 13.6 Å². The molecule has 0 radical (unpaired) electrons. The van der Waals surface area contributed by atoms with E-state index < -0.39 is 8.60 Å². The minimum atomic E-state index is -1.64. The van der Waals surface area contributed by atoms with Crippen LogP contribution in [0.5, 0.6) is 17.2 Å². The molecular formula is C27H33O3P. The van der Waals surface area contributed by atoms with Crippen molar-refractivity contribution < 1.29 is 13.6 Å². The van der Waals surface area contributed by atoms with Crippen molar-refractivity contribution >= 4 is 8.60 Å². The summed E-state index contributed by atoms with van der Waals surface area (Å²) in [6.45, 7) is 6.55. The van der Waals surface area contributed by atoms with Crippen LogP contribution in [0.15, 0.2) is 72.8 Å². The van der Waals surface area contributed by atoms with Crippen molar-refractivity contribution in [3.63, 3.8) is 0 Å². The highest BCUT2D eigenvalue weighted by atomic mass is 31.2. The molecule has 0 amide bonds. The van der Waals surface area contributed by atoms with E-state index in [1.807, 2.05) is 36.4 Å². The van der Waals surface area contributed by atoms with Crippen LogP contribution in [0.4, 0.5) is 0 Å². The quantitative estimate of drug-likeness (QED) is 0.267. The van der Waals surface area contributed by atoms with Crippen molar-refractivity contribution in [1.29, 1.82) is 0 Å². The molecule has 0 N–H and O–H groups in total. The molecular weight excluding hydrogens is 403 g/mol. The van der Waals surface area contributed by atoms with Crippen LogP contribution in [0, 0.1) is 0 Å². The molecule has 0 aliphatic carbocycles. The van der Waals surface area contributed by atoms with Crippen molar-refractivity contribution in [1.82, 2.24) is 0 Å². The van der Waals surface area contributed by atoms with Gasteiger partial charge in [-0.2, -0.15) is 0 Å². The highest BCUT2D eigenvalue weighted by Crippen LogP contribution is 2.42. The third kappa shape index (κ3) is 7.60. The monoisotopic (exact) mass is 436 g/mol. The fourth-order valence-corrected chi connectivity index (χ4v) is 4.32. The van der Waals surface area contributed by atoms with Gasteiger partial charge < -0.3 is 13.6 Å². The minimum Gasteiger partial charge on any atom is -0.409 e. The summed E-state index contributed by atoms with van der Waals surface area (Å²) < 4.78 is 18.4. The van der Waals surface area contributed by atoms with E-state index in [1.54, 1.807) is 0 Å². The summed E-state index contributed by atoms with van der Waals surface area (Å²) in [5.74, 6) is 2.24. The summed E-state index contributed by atoms with van der Waals surface area (Å²) in [4.78, 5) is 0. The van der Waals surface area contributed by atoms with E-state index in [2.05, 4.69) is 57.2 Å². The topological polar surface area (TPSA) is 27.7 Å². The number of hydrogen-bond acceptors (Lipinski definition) is 3. The van der Waals surface area contributed by atoms with Crippen LogP contribution in [0.25, 0.3) is 0 Å². The molecule has 0 atom stereocenters. The number of rotatable bonds is 12. The zero-order valence-corrected chi connectivity index (χ0v) is 19.7. The van der Waals surface area contributed by atoms with Gasteiger partial charge in [0.15, 0.2) is 0 Å². The van der Waals surface area contributed by atoms with Gasteiger partial charge >= 0.3 is 8.60 Å². The Morgan fingerprint density at radius 1 is 0.452 bits per heavy atom. The molecule has 4 heteroatoms. The summed E-state index contributed by atoms with van der Waals surface area (Å²) in [7, 11) is -1.64. The molecule has 0 fully saturated rings.